The SMILES string of the molecule is CCCCCCCCc1n[nH]c(=S)n1CC(C)C. The molecule has 18 heavy (non-hydrogen) atoms. The largest absolute Gasteiger partial charge is 0.304 e. The third kappa shape index (κ3) is 5.34. The summed E-state index contributed by atoms with van der Waals surface area (Å²) in [6, 6.07) is 0. The van der Waals surface area contributed by atoms with Gasteiger partial charge in [-0.05, 0) is 24.6 Å². The minimum Gasteiger partial charge on any atom is -0.304 e. The van der Waals surface area contributed by atoms with Crippen molar-refractivity contribution < 1.29 is 0 Å². The Labute approximate surface area is 116 Å². The minimum absolute atomic E-state index is 0.609. The van der Waals surface area contributed by atoms with E-state index >= 15 is 0 Å². The second kappa shape index (κ2) is 8.46. The number of nitrogens with one attached hydrogen (secondary N) is 1. The maximum Gasteiger partial charge on any atom is 0.195 e. The van der Waals surface area contributed by atoms with Gasteiger partial charge in [0.05, 0.1) is 0 Å². The number of nitrogens with zero attached hydrogens (tertiary/aromatic N) is 2. The van der Waals surface area contributed by atoms with Gasteiger partial charge in [-0.25, -0.2) is 0 Å². The van der Waals surface area contributed by atoms with E-state index in [-0.39, 0.29) is 0 Å². The van der Waals surface area contributed by atoms with Gasteiger partial charge in [0.1, 0.15) is 5.82 Å². The van der Waals surface area contributed by atoms with Crippen molar-refractivity contribution in [1.82, 2.24) is 14.8 Å². The van der Waals surface area contributed by atoms with Crippen LogP contribution in [-0.2, 0) is 13.0 Å². The molecule has 0 aromatic carbocycles. The molecule has 1 aromatic rings. The molecule has 1 rings (SSSR count). The molecule has 1 aromatic heterocycles. The van der Waals surface area contributed by atoms with Crippen LogP contribution in [0.25, 0.3) is 0 Å². The van der Waals surface area contributed by atoms with Gasteiger partial charge in [-0.15, -0.1) is 0 Å². The fourth-order valence-corrected chi connectivity index (χ4v) is 2.38. The van der Waals surface area contributed by atoms with E-state index < -0.39 is 0 Å². The van der Waals surface area contributed by atoms with Crippen LogP contribution in [0.3, 0.4) is 0 Å². The first-order valence-corrected chi connectivity index (χ1v) is 7.70. The van der Waals surface area contributed by atoms with Crippen LogP contribution in [0.2, 0.25) is 0 Å². The van der Waals surface area contributed by atoms with Crippen molar-refractivity contribution >= 4 is 12.2 Å². The highest BCUT2D eigenvalue weighted by Gasteiger charge is 2.07. The second-order valence-electron chi connectivity index (χ2n) is 5.47. The molecule has 0 saturated carbocycles. The van der Waals surface area contributed by atoms with Crippen molar-refractivity contribution in [1.29, 1.82) is 0 Å². The van der Waals surface area contributed by atoms with Gasteiger partial charge in [-0.1, -0.05) is 52.9 Å². The highest BCUT2D eigenvalue weighted by Crippen LogP contribution is 2.10. The van der Waals surface area contributed by atoms with Crippen molar-refractivity contribution in [3.05, 3.63) is 10.6 Å². The van der Waals surface area contributed by atoms with Crippen LogP contribution in [0.1, 0.15) is 65.1 Å². The molecule has 0 atom stereocenters. The summed E-state index contributed by atoms with van der Waals surface area (Å²) in [5, 5.41) is 7.27. The number of unbranched alkanes of at least 4 members (excludes halogenated alkanes) is 5. The molecule has 0 spiro atoms. The molecule has 0 saturated heterocycles. The molecule has 0 aliphatic carbocycles. The number of aromatic amines is 1. The van der Waals surface area contributed by atoms with Crippen molar-refractivity contribution in [3.8, 4) is 0 Å². The van der Waals surface area contributed by atoms with Crippen LogP contribution in [-0.4, -0.2) is 14.8 Å². The number of rotatable bonds is 9. The van der Waals surface area contributed by atoms with E-state index in [1.54, 1.807) is 0 Å². The highest BCUT2D eigenvalue weighted by molar-refractivity contribution is 7.71. The van der Waals surface area contributed by atoms with Gasteiger partial charge in [0, 0.05) is 13.0 Å². The van der Waals surface area contributed by atoms with Crippen LogP contribution in [0.4, 0.5) is 0 Å². The zero-order valence-corrected chi connectivity index (χ0v) is 12.9. The smallest absolute Gasteiger partial charge is 0.195 e. The zero-order chi connectivity index (χ0) is 13.4. The number of H-pyrrole nitrogens is 1. The molecule has 0 bridgehead atoms. The van der Waals surface area contributed by atoms with E-state index in [0.29, 0.717) is 5.92 Å². The van der Waals surface area contributed by atoms with Crippen LogP contribution >= 0.6 is 12.2 Å². The first-order chi connectivity index (χ1) is 8.65. The van der Waals surface area contributed by atoms with E-state index in [0.717, 1.165) is 23.6 Å². The molecule has 4 heteroatoms. The summed E-state index contributed by atoms with van der Waals surface area (Å²) in [5.74, 6) is 1.74. The van der Waals surface area contributed by atoms with Gasteiger partial charge in [-0.3, -0.25) is 5.10 Å². The van der Waals surface area contributed by atoms with Crippen molar-refractivity contribution in [3.63, 3.8) is 0 Å². The van der Waals surface area contributed by atoms with Crippen molar-refractivity contribution in [2.24, 2.45) is 5.92 Å². The average Bonchev–Trinajstić information content (AvgIpc) is 2.65. The molecule has 0 aliphatic heterocycles. The van der Waals surface area contributed by atoms with Gasteiger partial charge in [-0.2, -0.15) is 5.10 Å². The number of hydrogen-bond acceptors (Lipinski definition) is 2. The van der Waals surface area contributed by atoms with Crippen LogP contribution in [0.15, 0.2) is 0 Å². The lowest BCUT2D eigenvalue weighted by molar-refractivity contribution is 0.496. The van der Waals surface area contributed by atoms with Gasteiger partial charge in [0.15, 0.2) is 4.77 Å². The quantitative estimate of drug-likeness (QED) is 0.529. The molecular weight excluding hydrogens is 242 g/mol. The molecule has 0 aliphatic rings. The lowest BCUT2D eigenvalue weighted by Crippen LogP contribution is -2.09. The Morgan fingerprint density at radius 1 is 1.17 bits per heavy atom. The summed E-state index contributed by atoms with van der Waals surface area (Å²) >= 11 is 5.27. The fourth-order valence-electron chi connectivity index (χ4n) is 2.16. The van der Waals surface area contributed by atoms with Gasteiger partial charge >= 0.3 is 0 Å². The Morgan fingerprint density at radius 2 is 1.83 bits per heavy atom. The molecule has 0 unspecified atom stereocenters. The Morgan fingerprint density at radius 3 is 2.50 bits per heavy atom. The van der Waals surface area contributed by atoms with Crippen LogP contribution in [0, 0.1) is 10.7 Å². The van der Waals surface area contributed by atoms with Crippen LogP contribution in [0.5, 0.6) is 0 Å². The molecule has 104 valence electrons. The summed E-state index contributed by atoms with van der Waals surface area (Å²) in [4.78, 5) is 0. The Kier molecular flexibility index (Phi) is 7.25. The predicted molar refractivity (Wildman–Crippen MR) is 79.3 cm³/mol. The molecular formula is C14H27N3S. The lowest BCUT2D eigenvalue weighted by Gasteiger charge is -2.09. The van der Waals surface area contributed by atoms with Crippen molar-refractivity contribution in [2.45, 2.75) is 72.3 Å². The van der Waals surface area contributed by atoms with Gasteiger partial charge in [0.25, 0.3) is 0 Å². The maximum atomic E-state index is 5.27. The van der Waals surface area contributed by atoms with Gasteiger partial charge < -0.3 is 4.57 Å². The average molecular weight is 269 g/mol. The molecule has 1 N–H and O–H groups in total. The number of aromatic nitrogens is 3. The van der Waals surface area contributed by atoms with Crippen LogP contribution < -0.4 is 0 Å². The molecule has 0 amide bonds. The Balaban J connectivity index is 2.35. The maximum absolute atomic E-state index is 5.27. The highest BCUT2D eigenvalue weighted by atomic mass is 32.1. The molecule has 1 heterocycles. The van der Waals surface area contributed by atoms with E-state index in [1.165, 1.54) is 38.5 Å². The summed E-state index contributed by atoms with van der Waals surface area (Å²) < 4.78 is 2.93. The number of aryl methyl sites for hydroxylation is 1. The fraction of sp³-hybridized carbons (Fsp3) is 0.857. The predicted octanol–water partition coefficient (Wildman–Crippen LogP) is 4.50. The van der Waals surface area contributed by atoms with Crippen molar-refractivity contribution in [2.75, 3.05) is 0 Å². The topological polar surface area (TPSA) is 33.6 Å². The zero-order valence-electron chi connectivity index (χ0n) is 12.0. The first kappa shape index (κ1) is 15.4. The molecule has 3 nitrogen and oxygen atoms in total. The summed E-state index contributed by atoms with van der Waals surface area (Å²) in [7, 11) is 0. The third-order valence-corrected chi connectivity index (χ3v) is 3.45. The Bertz CT molecular complexity index is 379. The second-order valence-corrected chi connectivity index (χ2v) is 5.85. The van der Waals surface area contributed by atoms with Gasteiger partial charge in [0.2, 0.25) is 0 Å². The summed E-state index contributed by atoms with van der Waals surface area (Å²) in [5.41, 5.74) is 0. The molecule has 0 fully saturated rings. The lowest BCUT2D eigenvalue weighted by atomic mass is 10.1. The standard InChI is InChI=1S/C14H27N3S/c1-4-5-6-7-8-9-10-13-15-16-14(18)17(13)11-12(2)3/h12H,4-11H2,1-3H3,(H,16,18). The number of hydrogen-bond donors (Lipinski definition) is 1. The van der Waals surface area contributed by atoms with E-state index in [2.05, 4.69) is 35.5 Å². The Hall–Kier alpha value is -0.640. The normalized spacial score (nSPS) is 11.3. The third-order valence-electron chi connectivity index (χ3n) is 3.14. The van der Waals surface area contributed by atoms with E-state index in [4.69, 9.17) is 12.2 Å². The first-order valence-electron chi connectivity index (χ1n) is 7.29. The summed E-state index contributed by atoms with van der Waals surface area (Å²) in [6.07, 6.45) is 8.98. The monoisotopic (exact) mass is 269 g/mol. The molecule has 0 radical (unpaired) electrons. The van der Waals surface area contributed by atoms with E-state index in [1.807, 2.05) is 0 Å². The minimum atomic E-state index is 0.609. The summed E-state index contributed by atoms with van der Waals surface area (Å²) in [6.45, 7) is 7.65. The van der Waals surface area contributed by atoms with E-state index in [9.17, 15) is 0 Å².